The van der Waals surface area contributed by atoms with Crippen molar-refractivity contribution in [1.82, 2.24) is 5.32 Å². The van der Waals surface area contributed by atoms with E-state index in [1.807, 2.05) is 6.92 Å². The summed E-state index contributed by atoms with van der Waals surface area (Å²) in [6.07, 6.45) is 0. The lowest BCUT2D eigenvalue weighted by Gasteiger charge is -2.08. The normalized spacial score (nSPS) is 11.7. The maximum absolute atomic E-state index is 11.5. The summed E-state index contributed by atoms with van der Waals surface area (Å²) in [5, 5.41) is 13.9. The monoisotopic (exact) mass is 318 g/mol. The maximum atomic E-state index is 11.5. The fraction of sp³-hybridized carbons (Fsp3) is 0.333. The van der Waals surface area contributed by atoms with Gasteiger partial charge >= 0.3 is 12.0 Å². The second kappa shape index (κ2) is 7.86. The number of carboxylic acids is 1. The molecule has 0 heterocycles. The van der Waals surface area contributed by atoms with Crippen molar-refractivity contribution in [2.24, 2.45) is 0 Å². The summed E-state index contributed by atoms with van der Waals surface area (Å²) >= 11 is 5.78. The number of halogens is 1. The average Bonchev–Trinajstić information content (AvgIpc) is 2.38. The Morgan fingerprint density at radius 3 is 2.65 bits per heavy atom. The fourth-order valence-corrected chi connectivity index (χ4v) is 2.24. The van der Waals surface area contributed by atoms with E-state index < -0.39 is 22.8 Å². The van der Waals surface area contributed by atoms with E-state index in [4.69, 9.17) is 16.7 Å². The maximum Gasteiger partial charge on any atom is 0.337 e. The van der Waals surface area contributed by atoms with Gasteiger partial charge in [0.1, 0.15) is 0 Å². The highest BCUT2D eigenvalue weighted by Gasteiger charge is 2.10. The van der Waals surface area contributed by atoms with Crippen molar-refractivity contribution in [2.75, 3.05) is 23.4 Å². The van der Waals surface area contributed by atoms with E-state index in [1.54, 1.807) is 0 Å². The lowest BCUT2D eigenvalue weighted by molar-refractivity contribution is 0.0697. The number of benzene rings is 1. The highest BCUT2D eigenvalue weighted by atomic mass is 35.5. The Morgan fingerprint density at radius 1 is 1.40 bits per heavy atom. The van der Waals surface area contributed by atoms with Gasteiger partial charge in [-0.15, -0.1) is 0 Å². The number of rotatable bonds is 6. The molecule has 1 aromatic carbocycles. The van der Waals surface area contributed by atoms with Crippen molar-refractivity contribution in [1.29, 1.82) is 0 Å². The number of urea groups is 1. The third-order valence-electron chi connectivity index (χ3n) is 2.39. The van der Waals surface area contributed by atoms with Gasteiger partial charge in [0.15, 0.2) is 0 Å². The zero-order valence-electron chi connectivity index (χ0n) is 10.8. The van der Waals surface area contributed by atoms with Crippen LogP contribution in [0.4, 0.5) is 10.5 Å². The first-order valence-corrected chi connectivity index (χ1v) is 7.73. The van der Waals surface area contributed by atoms with Crippen molar-refractivity contribution in [2.45, 2.75) is 6.92 Å². The summed E-state index contributed by atoms with van der Waals surface area (Å²) in [4.78, 5) is 22.3. The fourth-order valence-electron chi connectivity index (χ4n) is 1.36. The number of carbonyl (C=O) groups excluding carboxylic acids is 1. The Bertz CT molecular complexity index is 536. The summed E-state index contributed by atoms with van der Waals surface area (Å²) in [6.45, 7) is 2.11. The molecule has 8 heteroatoms. The highest BCUT2D eigenvalue weighted by molar-refractivity contribution is 7.84. The second-order valence-corrected chi connectivity index (χ2v) is 6.09. The number of hydrogen-bond donors (Lipinski definition) is 3. The van der Waals surface area contributed by atoms with Gasteiger partial charge in [0.2, 0.25) is 0 Å². The number of nitrogens with one attached hydrogen (secondary N) is 2. The van der Waals surface area contributed by atoms with Gasteiger partial charge in [0.25, 0.3) is 0 Å². The van der Waals surface area contributed by atoms with Crippen LogP contribution in [0.25, 0.3) is 0 Å². The SMILES string of the molecule is CCS(=O)CCNC(=O)Nc1ccc(C(=O)O)c(Cl)c1. The number of carbonyl (C=O) groups is 2. The summed E-state index contributed by atoms with van der Waals surface area (Å²) in [5.41, 5.74) is 0.352. The van der Waals surface area contributed by atoms with Gasteiger partial charge in [-0.25, -0.2) is 9.59 Å². The molecule has 0 saturated heterocycles. The first-order chi connectivity index (χ1) is 9.43. The number of aromatic carboxylic acids is 1. The number of hydrogen-bond acceptors (Lipinski definition) is 3. The van der Waals surface area contributed by atoms with Crippen LogP contribution in [0.15, 0.2) is 18.2 Å². The minimum absolute atomic E-state index is 0.0315. The third kappa shape index (κ3) is 5.18. The largest absolute Gasteiger partial charge is 0.478 e. The van der Waals surface area contributed by atoms with Crippen LogP contribution in [0, 0.1) is 0 Å². The Kier molecular flexibility index (Phi) is 6.47. The predicted molar refractivity (Wildman–Crippen MR) is 79.0 cm³/mol. The van der Waals surface area contributed by atoms with Gasteiger partial charge < -0.3 is 15.7 Å². The predicted octanol–water partition coefficient (Wildman–Crippen LogP) is 1.93. The van der Waals surface area contributed by atoms with Crippen LogP contribution in [-0.4, -0.2) is 39.4 Å². The second-order valence-electron chi connectivity index (χ2n) is 3.81. The molecule has 20 heavy (non-hydrogen) atoms. The molecule has 0 aliphatic carbocycles. The minimum atomic E-state index is -1.13. The van der Waals surface area contributed by atoms with Crippen LogP contribution in [0.2, 0.25) is 5.02 Å². The van der Waals surface area contributed by atoms with Gasteiger partial charge in [-0.1, -0.05) is 18.5 Å². The van der Waals surface area contributed by atoms with Gasteiger partial charge in [-0.2, -0.15) is 0 Å². The lowest BCUT2D eigenvalue weighted by atomic mass is 10.2. The summed E-state index contributed by atoms with van der Waals surface area (Å²) in [7, 11) is -0.931. The van der Waals surface area contributed by atoms with Crippen LogP contribution < -0.4 is 10.6 Å². The molecule has 0 radical (unpaired) electrons. The van der Waals surface area contributed by atoms with Gasteiger partial charge in [-0.05, 0) is 18.2 Å². The molecule has 1 aromatic rings. The number of anilines is 1. The van der Waals surface area contributed by atoms with Crippen LogP contribution in [0.5, 0.6) is 0 Å². The molecule has 1 atom stereocenters. The molecule has 3 N–H and O–H groups in total. The molecule has 0 bridgehead atoms. The zero-order chi connectivity index (χ0) is 15.1. The topological polar surface area (TPSA) is 95.5 Å². The van der Waals surface area contributed by atoms with Crippen molar-refractivity contribution in [3.05, 3.63) is 28.8 Å². The van der Waals surface area contributed by atoms with Crippen LogP contribution in [-0.2, 0) is 10.8 Å². The summed E-state index contributed by atoms with van der Waals surface area (Å²) in [6, 6.07) is 3.65. The summed E-state index contributed by atoms with van der Waals surface area (Å²) < 4.78 is 11.2. The van der Waals surface area contributed by atoms with Gasteiger partial charge in [0, 0.05) is 34.5 Å². The minimum Gasteiger partial charge on any atom is -0.478 e. The number of carboxylic acid groups (broad SMARTS) is 1. The van der Waals surface area contributed by atoms with Crippen molar-refractivity contribution >= 4 is 40.1 Å². The van der Waals surface area contributed by atoms with E-state index in [9.17, 15) is 13.8 Å². The molecule has 0 fully saturated rings. The average molecular weight is 319 g/mol. The van der Waals surface area contributed by atoms with Crippen LogP contribution in [0.1, 0.15) is 17.3 Å². The Morgan fingerprint density at radius 2 is 2.10 bits per heavy atom. The van der Waals surface area contributed by atoms with E-state index in [0.29, 0.717) is 23.7 Å². The smallest absolute Gasteiger partial charge is 0.337 e. The summed E-state index contributed by atoms with van der Waals surface area (Å²) in [5.74, 6) is -0.189. The van der Waals surface area contributed by atoms with Crippen molar-refractivity contribution < 1.29 is 18.9 Å². The molecular formula is C12H15ClN2O4S. The molecule has 1 unspecified atom stereocenters. The van der Waals surface area contributed by atoms with E-state index in [-0.39, 0.29) is 10.6 Å². The molecule has 0 aliphatic rings. The van der Waals surface area contributed by atoms with E-state index >= 15 is 0 Å². The van der Waals surface area contributed by atoms with Crippen molar-refractivity contribution in [3.63, 3.8) is 0 Å². The molecule has 2 amide bonds. The standard InChI is InChI=1S/C12H15ClN2O4S/c1-2-20(19)6-5-14-12(18)15-8-3-4-9(11(16)17)10(13)7-8/h3-4,7H,2,5-6H2,1H3,(H,16,17)(H2,14,15,18). The molecule has 0 aromatic heterocycles. The van der Waals surface area contributed by atoms with Gasteiger partial charge in [-0.3, -0.25) is 4.21 Å². The van der Waals surface area contributed by atoms with E-state index in [1.165, 1.54) is 18.2 Å². The quantitative estimate of drug-likeness (QED) is 0.746. The Hall–Kier alpha value is -1.60. The molecule has 6 nitrogen and oxygen atoms in total. The molecule has 0 saturated carbocycles. The first kappa shape index (κ1) is 16.5. The van der Waals surface area contributed by atoms with E-state index in [2.05, 4.69) is 10.6 Å². The number of amides is 2. The Labute approximate surface area is 124 Å². The highest BCUT2D eigenvalue weighted by Crippen LogP contribution is 2.20. The Balaban J connectivity index is 2.52. The molecular weight excluding hydrogens is 304 g/mol. The molecule has 110 valence electrons. The van der Waals surface area contributed by atoms with E-state index in [0.717, 1.165) is 0 Å². The first-order valence-electron chi connectivity index (χ1n) is 5.86. The van der Waals surface area contributed by atoms with Crippen LogP contribution >= 0.6 is 11.6 Å². The third-order valence-corrected chi connectivity index (χ3v) is 4.01. The van der Waals surface area contributed by atoms with Gasteiger partial charge in [0.05, 0.1) is 10.6 Å². The zero-order valence-corrected chi connectivity index (χ0v) is 12.4. The van der Waals surface area contributed by atoms with Crippen molar-refractivity contribution in [3.8, 4) is 0 Å². The molecule has 0 spiro atoms. The van der Waals surface area contributed by atoms with Crippen LogP contribution in [0.3, 0.4) is 0 Å². The lowest BCUT2D eigenvalue weighted by Crippen LogP contribution is -2.32. The molecule has 1 rings (SSSR count). The molecule has 0 aliphatic heterocycles.